The number of hydrogen-bond acceptors (Lipinski definition) is 2. The third-order valence-electron chi connectivity index (χ3n) is 3.59. The highest BCUT2D eigenvalue weighted by atomic mass is 16.1. The first kappa shape index (κ1) is 12.9. The number of nitrogens with one attached hydrogen (secondary N) is 2. The predicted molar refractivity (Wildman–Crippen MR) is 74.9 cm³/mol. The van der Waals surface area contributed by atoms with Gasteiger partial charge in [-0.3, -0.25) is 4.79 Å². The average molecular weight is 246 g/mol. The van der Waals surface area contributed by atoms with Gasteiger partial charge in [-0.25, -0.2) is 0 Å². The van der Waals surface area contributed by atoms with Gasteiger partial charge in [0.2, 0.25) is 0 Å². The van der Waals surface area contributed by atoms with Gasteiger partial charge in [-0.1, -0.05) is 19.3 Å². The van der Waals surface area contributed by atoms with Gasteiger partial charge in [0.25, 0.3) is 5.91 Å². The van der Waals surface area contributed by atoms with Crippen molar-refractivity contribution in [1.29, 1.82) is 0 Å². The Hall–Kier alpha value is -1.51. The van der Waals surface area contributed by atoms with Gasteiger partial charge < -0.3 is 10.6 Å². The van der Waals surface area contributed by atoms with Gasteiger partial charge in [0.15, 0.2) is 0 Å². The van der Waals surface area contributed by atoms with Crippen molar-refractivity contribution in [2.24, 2.45) is 5.92 Å². The molecule has 2 rings (SSSR count). The van der Waals surface area contributed by atoms with Gasteiger partial charge in [0, 0.05) is 24.3 Å². The van der Waals surface area contributed by atoms with Crippen molar-refractivity contribution >= 4 is 11.6 Å². The van der Waals surface area contributed by atoms with Crippen LogP contribution >= 0.6 is 0 Å². The molecule has 1 aromatic rings. The standard InChI is InChI=1S/C15H22N2O/c1-2-16-14-8-6-13(7-9-14)15(18)17-11-10-12-4-3-5-12/h6-9,12,16H,2-5,10-11H2,1H3,(H,17,18). The zero-order valence-corrected chi connectivity index (χ0v) is 11.0. The van der Waals surface area contributed by atoms with Crippen LogP contribution in [0, 0.1) is 5.92 Å². The van der Waals surface area contributed by atoms with Crippen LogP contribution in [0.2, 0.25) is 0 Å². The summed E-state index contributed by atoms with van der Waals surface area (Å²) in [7, 11) is 0. The van der Waals surface area contributed by atoms with E-state index in [1.54, 1.807) is 0 Å². The van der Waals surface area contributed by atoms with E-state index in [-0.39, 0.29) is 5.91 Å². The number of rotatable bonds is 6. The van der Waals surface area contributed by atoms with Crippen molar-refractivity contribution in [1.82, 2.24) is 5.32 Å². The molecule has 1 amide bonds. The first-order valence-electron chi connectivity index (χ1n) is 6.91. The van der Waals surface area contributed by atoms with Crippen LogP contribution in [0.5, 0.6) is 0 Å². The number of carbonyl (C=O) groups excluding carboxylic acids is 1. The lowest BCUT2D eigenvalue weighted by atomic mass is 9.83. The summed E-state index contributed by atoms with van der Waals surface area (Å²) in [5.41, 5.74) is 1.80. The molecule has 0 aromatic heterocycles. The van der Waals surface area contributed by atoms with E-state index < -0.39 is 0 Å². The lowest BCUT2D eigenvalue weighted by molar-refractivity contribution is 0.0949. The van der Waals surface area contributed by atoms with Gasteiger partial charge in [-0.2, -0.15) is 0 Å². The Kier molecular flexibility index (Phi) is 4.62. The Balaban J connectivity index is 1.76. The topological polar surface area (TPSA) is 41.1 Å². The van der Waals surface area contributed by atoms with Crippen molar-refractivity contribution < 1.29 is 4.79 Å². The normalized spacial score (nSPS) is 14.9. The zero-order chi connectivity index (χ0) is 12.8. The molecule has 1 saturated carbocycles. The summed E-state index contributed by atoms with van der Waals surface area (Å²) in [5.74, 6) is 0.888. The molecule has 0 saturated heterocycles. The molecule has 0 unspecified atom stereocenters. The van der Waals surface area contributed by atoms with E-state index in [1.807, 2.05) is 24.3 Å². The minimum Gasteiger partial charge on any atom is -0.385 e. The average Bonchev–Trinajstić information content (AvgIpc) is 2.33. The third-order valence-corrected chi connectivity index (χ3v) is 3.59. The second kappa shape index (κ2) is 6.43. The molecule has 98 valence electrons. The fourth-order valence-electron chi connectivity index (χ4n) is 2.22. The molecule has 2 N–H and O–H groups in total. The highest BCUT2D eigenvalue weighted by Gasteiger charge is 2.16. The van der Waals surface area contributed by atoms with Crippen LogP contribution in [0.4, 0.5) is 5.69 Å². The van der Waals surface area contributed by atoms with Crippen molar-refractivity contribution in [3.8, 4) is 0 Å². The van der Waals surface area contributed by atoms with Gasteiger partial charge in [-0.05, 0) is 43.5 Å². The Morgan fingerprint density at radius 3 is 2.56 bits per heavy atom. The molecular weight excluding hydrogens is 224 g/mol. The van der Waals surface area contributed by atoms with Crippen LogP contribution in [0.1, 0.15) is 43.0 Å². The molecule has 0 heterocycles. The molecule has 0 aliphatic heterocycles. The number of benzene rings is 1. The molecule has 0 radical (unpaired) electrons. The summed E-state index contributed by atoms with van der Waals surface area (Å²) in [6.07, 6.45) is 5.17. The Labute approximate surface area is 109 Å². The molecule has 18 heavy (non-hydrogen) atoms. The van der Waals surface area contributed by atoms with Crippen LogP contribution < -0.4 is 10.6 Å². The highest BCUT2D eigenvalue weighted by molar-refractivity contribution is 5.94. The zero-order valence-electron chi connectivity index (χ0n) is 11.0. The lowest BCUT2D eigenvalue weighted by Gasteiger charge is -2.25. The minimum atomic E-state index is 0.0392. The molecule has 0 atom stereocenters. The Morgan fingerprint density at radius 1 is 1.28 bits per heavy atom. The fraction of sp³-hybridized carbons (Fsp3) is 0.533. The smallest absolute Gasteiger partial charge is 0.251 e. The van der Waals surface area contributed by atoms with Gasteiger partial charge in [-0.15, -0.1) is 0 Å². The molecule has 1 aliphatic carbocycles. The summed E-state index contributed by atoms with van der Waals surface area (Å²) in [5, 5.41) is 6.21. The maximum atomic E-state index is 11.9. The number of carbonyl (C=O) groups is 1. The second-order valence-corrected chi connectivity index (χ2v) is 4.95. The quantitative estimate of drug-likeness (QED) is 0.810. The van der Waals surface area contributed by atoms with Crippen molar-refractivity contribution in [3.05, 3.63) is 29.8 Å². The minimum absolute atomic E-state index is 0.0392. The monoisotopic (exact) mass is 246 g/mol. The fourth-order valence-corrected chi connectivity index (χ4v) is 2.22. The number of amides is 1. The van der Waals surface area contributed by atoms with Crippen molar-refractivity contribution in [3.63, 3.8) is 0 Å². The van der Waals surface area contributed by atoms with E-state index in [0.29, 0.717) is 0 Å². The maximum absolute atomic E-state index is 11.9. The SMILES string of the molecule is CCNc1ccc(C(=O)NCCC2CCC2)cc1. The van der Waals surface area contributed by atoms with Crippen LogP contribution in [0.25, 0.3) is 0 Å². The maximum Gasteiger partial charge on any atom is 0.251 e. The highest BCUT2D eigenvalue weighted by Crippen LogP contribution is 2.28. The third kappa shape index (κ3) is 3.49. The molecule has 0 spiro atoms. The predicted octanol–water partition coefficient (Wildman–Crippen LogP) is 3.04. The van der Waals surface area contributed by atoms with Crippen LogP contribution in [-0.4, -0.2) is 19.0 Å². The van der Waals surface area contributed by atoms with Crippen LogP contribution in [0.15, 0.2) is 24.3 Å². The van der Waals surface area contributed by atoms with E-state index in [2.05, 4.69) is 17.6 Å². The lowest BCUT2D eigenvalue weighted by Crippen LogP contribution is -2.27. The molecule has 3 nitrogen and oxygen atoms in total. The molecule has 1 aromatic carbocycles. The Morgan fingerprint density at radius 2 is 2.00 bits per heavy atom. The van der Waals surface area contributed by atoms with Crippen LogP contribution in [0.3, 0.4) is 0 Å². The van der Waals surface area contributed by atoms with Gasteiger partial charge in [0.1, 0.15) is 0 Å². The summed E-state index contributed by atoms with van der Waals surface area (Å²) >= 11 is 0. The van der Waals surface area contributed by atoms with E-state index in [4.69, 9.17) is 0 Å². The van der Waals surface area contributed by atoms with Gasteiger partial charge >= 0.3 is 0 Å². The molecule has 1 aliphatic rings. The van der Waals surface area contributed by atoms with E-state index >= 15 is 0 Å². The van der Waals surface area contributed by atoms with Gasteiger partial charge in [0.05, 0.1) is 0 Å². The van der Waals surface area contributed by atoms with Crippen LogP contribution in [-0.2, 0) is 0 Å². The van der Waals surface area contributed by atoms with E-state index in [0.717, 1.165) is 36.7 Å². The molecular formula is C15H22N2O. The van der Waals surface area contributed by atoms with E-state index in [9.17, 15) is 4.79 Å². The Bertz CT molecular complexity index is 382. The second-order valence-electron chi connectivity index (χ2n) is 4.95. The van der Waals surface area contributed by atoms with E-state index in [1.165, 1.54) is 19.3 Å². The summed E-state index contributed by atoms with van der Waals surface area (Å²) in [4.78, 5) is 11.9. The first-order chi connectivity index (χ1) is 8.79. The first-order valence-corrected chi connectivity index (χ1v) is 6.91. The molecule has 0 bridgehead atoms. The molecule has 3 heteroatoms. The summed E-state index contributed by atoms with van der Waals surface area (Å²) in [6, 6.07) is 7.64. The summed E-state index contributed by atoms with van der Waals surface area (Å²) in [6.45, 7) is 3.76. The van der Waals surface area contributed by atoms with Crippen molar-refractivity contribution in [2.75, 3.05) is 18.4 Å². The summed E-state index contributed by atoms with van der Waals surface area (Å²) < 4.78 is 0. The largest absolute Gasteiger partial charge is 0.385 e. The number of anilines is 1. The number of hydrogen-bond donors (Lipinski definition) is 2. The van der Waals surface area contributed by atoms with Crippen molar-refractivity contribution in [2.45, 2.75) is 32.6 Å². The molecule has 1 fully saturated rings.